The lowest BCUT2D eigenvalue weighted by Crippen LogP contribution is -2.33. The van der Waals surface area contributed by atoms with Crippen LogP contribution in [0.5, 0.6) is 0 Å². The molecule has 1 fully saturated rings. The maximum Gasteiger partial charge on any atom is 0.0991 e. The van der Waals surface area contributed by atoms with Gasteiger partial charge in [-0.1, -0.05) is 36.4 Å². The predicted octanol–water partition coefficient (Wildman–Crippen LogP) is 3.28. The number of nitrogens with one attached hydrogen (secondary N) is 2. The largest absolute Gasteiger partial charge is 0.371 e. The summed E-state index contributed by atoms with van der Waals surface area (Å²) in [5, 5.41) is 19.7. The average molecular weight is 330 g/mol. The van der Waals surface area contributed by atoms with Crippen LogP contribution in [0.25, 0.3) is 22.5 Å². The fourth-order valence-corrected chi connectivity index (χ4v) is 2.99. The van der Waals surface area contributed by atoms with Crippen molar-refractivity contribution in [1.82, 2.24) is 15.5 Å². The van der Waals surface area contributed by atoms with Gasteiger partial charge in [-0.2, -0.15) is 10.4 Å². The van der Waals surface area contributed by atoms with E-state index in [0.29, 0.717) is 5.56 Å². The van der Waals surface area contributed by atoms with E-state index < -0.39 is 0 Å². The molecule has 0 aliphatic carbocycles. The van der Waals surface area contributed by atoms with Crippen molar-refractivity contribution < 1.29 is 4.74 Å². The number of nitriles is 1. The molecule has 4 rings (SSSR count). The minimum Gasteiger partial charge on any atom is -0.371 e. The monoisotopic (exact) mass is 330 g/mol. The number of ether oxygens (including phenoxy) is 1. The molecule has 124 valence electrons. The van der Waals surface area contributed by atoms with Crippen molar-refractivity contribution in [3.8, 4) is 28.6 Å². The van der Waals surface area contributed by atoms with Crippen molar-refractivity contribution in [2.24, 2.45) is 0 Å². The SMILES string of the molecule is N#Cc1ccc(-c2cc(-c3ccc([C@@H]4CNCCO4)cc3)n[nH]2)cc1. The summed E-state index contributed by atoms with van der Waals surface area (Å²) >= 11 is 0. The van der Waals surface area contributed by atoms with Crippen molar-refractivity contribution >= 4 is 0 Å². The first-order valence-corrected chi connectivity index (χ1v) is 8.32. The van der Waals surface area contributed by atoms with E-state index in [1.165, 1.54) is 5.56 Å². The Morgan fingerprint density at radius 3 is 2.48 bits per heavy atom. The van der Waals surface area contributed by atoms with E-state index >= 15 is 0 Å². The Bertz CT molecular complexity index is 885. The molecule has 0 spiro atoms. The maximum absolute atomic E-state index is 8.89. The Labute approximate surface area is 146 Å². The Morgan fingerprint density at radius 2 is 1.80 bits per heavy atom. The van der Waals surface area contributed by atoms with E-state index in [-0.39, 0.29) is 6.10 Å². The number of benzene rings is 2. The highest BCUT2D eigenvalue weighted by Gasteiger charge is 2.15. The highest BCUT2D eigenvalue weighted by molar-refractivity contribution is 5.68. The molecule has 0 radical (unpaired) electrons. The lowest BCUT2D eigenvalue weighted by atomic mass is 10.0. The quantitative estimate of drug-likeness (QED) is 0.773. The summed E-state index contributed by atoms with van der Waals surface area (Å²) in [7, 11) is 0. The zero-order chi connectivity index (χ0) is 17.1. The first kappa shape index (κ1) is 15.6. The molecule has 1 aliphatic heterocycles. The van der Waals surface area contributed by atoms with Crippen molar-refractivity contribution in [3.63, 3.8) is 0 Å². The number of morpholine rings is 1. The number of hydrogen-bond acceptors (Lipinski definition) is 4. The molecule has 1 saturated heterocycles. The molecule has 2 N–H and O–H groups in total. The van der Waals surface area contributed by atoms with Gasteiger partial charge in [-0.15, -0.1) is 0 Å². The molecule has 1 aliphatic rings. The van der Waals surface area contributed by atoms with Gasteiger partial charge in [0.05, 0.1) is 35.7 Å². The summed E-state index contributed by atoms with van der Waals surface area (Å²) in [4.78, 5) is 0. The van der Waals surface area contributed by atoms with Gasteiger partial charge in [0.25, 0.3) is 0 Å². The van der Waals surface area contributed by atoms with Gasteiger partial charge in [0.15, 0.2) is 0 Å². The molecule has 0 unspecified atom stereocenters. The second-order valence-corrected chi connectivity index (χ2v) is 6.04. The zero-order valence-corrected chi connectivity index (χ0v) is 13.7. The van der Waals surface area contributed by atoms with Crippen molar-refractivity contribution in [1.29, 1.82) is 5.26 Å². The Morgan fingerprint density at radius 1 is 1.04 bits per heavy atom. The van der Waals surface area contributed by atoms with Crippen LogP contribution in [0.4, 0.5) is 0 Å². The number of aromatic amines is 1. The molecule has 5 nitrogen and oxygen atoms in total. The standard InChI is InChI=1S/C20H18N4O/c21-12-14-1-3-15(4-2-14)18-11-19(24-23-18)16-5-7-17(8-6-16)20-13-22-9-10-25-20/h1-8,11,20,22H,9-10,13H2,(H,23,24)/t20-/m0/s1. The molecule has 0 bridgehead atoms. The van der Waals surface area contributed by atoms with E-state index in [0.717, 1.165) is 42.2 Å². The van der Waals surface area contributed by atoms with Crippen LogP contribution in [0.1, 0.15) is 17.2 Å². The first-order chi connectivity index (χ1) is 12.3. The van der Waals surface area contributed by atoms with Crippen molar-refractivity contribution in [2.75, 3.05) is 19.7 Å². The topological polar surface area (TPSA) is 73.7 Å². The molecule has 1 aromatic heterocycles. The average Bonchev–Trinajstić information content (AvgIpc) is 3.19. The minimum absolute atomic E-state index is 0.121. The third kappa shape index (κ3) is 3.31. The number of rotatable bonds is 3. The summed E-state index contributed by atoms with van der Waals surface area (Å²) in [5.74, 6) is 0. The van der Waals surface area contributed by atoms with E-state index in [1.54, 1.807) is 0 Å². The normalized spacial score (nSPS) is 17.2. The Hall–Kier alpha value is -2.94. The van der Waals surface area contributed by atoms with Gasteiger partial charge in [-0.05, 0) is 29.3 Å². The Balaban J connectivity index is 1.54. The predicted molar refractivity (Wildman–Crippen MR) is 95.7 cm³/mol. The molecule has 2 heterocycles. The minimum atomic E-state index is 0.121. The van der Waals surface area contributed by atoms with E-state index in [2.05, 4.69) is 45.8 Å². The second-order valence-electron chi connectivity index (χ2n) is 6.04. The third-order valence-electron chi connectivity index (χ3n) is 4.41. The summed E-state index contributed by atoms with van der Waals surface area (Å²) < 4.78 is 5.78. The van der Waals surface area contributed by atoms with Crippen LogP contribution in [0.15, 0.2) is 54.6 Å². The fourth-order valence-electron chi connectivity index (χ4n) is 2.99. The molecule has 25 heavy (non-hydrogen) atoms. The van der Waals surface area contributed by atoms with Crippen LogP contribution < -0.4 is 5.32 Å². The molecular weight excluding hydrogens is 312 g/mol. The van der Waals surface area contributed by atoms with Gasteiger partial charge in [0.2, 0.25) is 0 Å². The van der Waals surface area contributed by atoms with E-state index in [9.17, 15) is 0 Å². The third-order valence-corrected chi connectivity index (χ3v) is 4.41. The highest BCUT2D eigenvalue weighted by Crippen LogP contribution is 2.26. The zero-order valence-electron chi connectivity index (χ0n) is 13.7. The smallest absolute Gasteiger partial charge is 0.0991 e. The van der Waals surface area contributed by atoms with Crippen molar-refractivity contribution in [2.45, 2.75) is 6.10 Å². The Kier molecular flexibility index (Phi) is 4.30. The molecule has 0 amide bonds. The van der Waals surface area contributed by atoms with Gasteiger partial charge in [0.1, 0.15) is 0 Å². The van der Waals surface area contributed by atoms with Crippen LogP contribution in [0, 0.1) is 11.3 Å². The molecule has 5 heteroatoms. The maximum atomic E-state index is 8.89. The van der Waals surface area contributed by atoms with Gasteiger partial charge in [-0.25, -0.2) is 0 Å². The number of aromatic nitrogens is 2. The molecule has 3 aromatic rings. The summed E-state index contributed by atoms with van der Waals surface area (Å²) in [5.41, 5.74) is 5.73. The lowest BCUT2D eigenvalue weighted by Gasteiger charge is -2.24. The highest BCUT2D eigenvalue weighted by atomic mass is 16.5. The van der Waals surface area contributed by atoms with Gasteiger partial charge in [0, 0.05) is 18.7 Å². The molecule has 1 atom stereocenters. The molecular formula is C20H18N4O. The number of hydrogen-bond donors (Lipinski definition) is 2. The van der Waals surface area contributed by atoms with Crippen molar-refractivity contribution in [3.05, 3.63) is 65.7 Å². The van der Waals surface area contributed by atoms with Crippen LogP contribution in [-0.4, -0.2) is 29.9 Å². The van der Waals surface area contributed by atoms with Crippen LogP contribution in [-0.2, 0) is 4.74 Å². The number of H-pyrrole nitrogens is 1. The van der Waals surface area contributed by atoms with Gasteiger partial charge < -0.3 is 10.1 Å². The van der Waals surface area contributed by atoms with Gasteiger partial charge >= 0.3 is 0 Å². The number of nitrogens with zero attached hydrogens (tertiary/aromatic N) is 2. The van der Waals surface area contributed by atoms with Crippen LogP contribution in [0.2, 0.25) is 0 Å². The summed E-state index contributed by atoms with van der Waals surface area (Å²) in [6.07, 6.45) is 0.121. The van der Waals surface area contributed by atoms with Crippen LogP contribution >= 0.6 is 0 Å². The van der Waals surface area contributed by atoms with E-state index in [4.69, 9.17) is 10.00 Å². The van der Waals surface area contributed by atoms with E-state index in [1.807, 2.05) is 30.3 Å². The van der Waals surface area contributed by atoms with Crippen LogP contribution in [0.3, 0.4) is 0 Å². The second kappa shape index (κ2) is 6.89. The first-order valence-electron chi connectivity index (χ1n) is 8.32. The summed E-state index contributed by atoms with van der Waals surface area (Å²) in [6.45, 7) is 2.52. The lowest BCUT2D eigenvalue weighted by molar-refractivity contribution is 0.0277. The summed E-state index contributed by atoms with van der Waals surface area (Å²) in [6, 6.07) is 20.0. The molecule has 2 aromatic carbocycles. The fraction of sp³-hybridized carbons (Fsp3) is 0.200. The van der Waals surface area contributed by atoms with Gasteiger partial charge in [-0.3, -0.25) is 5.10 Å². The molecule has 0 saturated carbocycles.